The first-order valence-corrected chi connectivity index (χ1v) is 14.5. The Balaban J connectivity index is 0.00000368. The van der Waals surface area contributed by atoms with Crippen LogP contribution in [0, 0.1) is 5.82 Å². The third kappa shape index (κ3) is 5.95. The van der Waals surface area contributed by atoms with E-state index in [1.807, 2.05) is 49.6 Å². The molecular formula is C32H34FLiN4O5. The van der Waals surface area contributed by atoms with Gasteiger partial charge in [0.05, 0.1) is 24.5 Å². The third-order valence-corrected chi connectivity index (χ3v) is 8.46. The fraction of sp³-hybridized carbons (Fsp3) is 0.438. The molecule has 9 nitrogen and oxygen atoms in total. The van der Waals surface area contributed by atoms with Crippen LogP contribution in [0.1, 0.15) is 84.9 Å². The zero-order valence-electron chi connectivity index (χ0n) is 25.1. The van der Waals surface area contributed by atoms with Crippen molar-refractivity contribution in [2.75, 3.05) is 13.1 Å². The van der Waals surface area contributed by atoms with Gasteiger partial charge in [-0.2, -0.15) is 0 Å². The molecule has 2 aromatic carbocycles. The zero-order chi connectivity index (χ0) is 29.8. The Morgan fingerprint density at radius 3 is 2.42 bits per heavy atom. The number of carbonyl (C=O) groups excluding carboxylic acids is 3. The van der Waals surface area contributed by atoms with Gasteiger partial charge in [-0.15, -0.1) is 0 Å². The second-order valence-electron chi connectivity index (χ2n) is 12.4. The Labute approximate surface area is 262 Å². The molecule has 11 heteroatoms. The van der Waals surface area contributed by atoms with Crippen LogP contribution < -0.4 is 24.0 Å². The first kappa shape index (κ1) is 30.8. The second-order valence-corrected chi connectivity index (χ2v) is 12.4. The molecule has 220 valence electrons. The largest absolute Gasteiger partial charge is 1.00 e. The van der Waals surface area contributed by atoms with E-state index < -0.39 is 29.3 Å². The molecule has 0 saturated carbocycles. The minimum Gasteiger partial charge on any atom is -0.547 e. The molecule has 1 saturated heterocycles. The number of ether oxygens (including phenoxy) is 1. The second kappa shape index (κ2) is 11.8. The summed E-state index contributed by atoms with van der Waals surface area (Å²) in [6.45, 7) is 7.39. The number of carboxylic acid groups (broad SMARTS) is 1. The minimum absolute atomic E-state index is 0. The number of carboxylic acids is 1. The summed E-state index contributed by atoms with van der Waals surface area (Å²) >= 11 is 0. The number of amides is 2. The van der Waals surface area contributed by atoms with E-state index in [1.165, 1.54) is 6.07 Å². The zero-order valence-corrected chi connectivity index (χ0v) is 25.1. The fourth-order valence-corrected chi connectivity index (χ4v) is 6.35. The number of halogens is 1. The van der Waals surface area contributed by atoms with Crippen LogP contribution in [0.15, 0.2) is 42.7 Å². The maximum atomic E-state index is 15.4. The molecule has 6 rings (SSSR count). The first-order chi connectivity index (χ1) is 20.0. The summed E-state index contributed by atoms with van der Waals surface area (Å²) in [5.74, 6) is -2.24. The average molecular weight is 581 g/mol. The van der Waals surface area contributed by atoms with Crippen molar-refractivity contribution in [3.63, 3.8) is 0 Å². The van der Waals surface area contributed by atoms with E-state index in [1.54, 1.807) is 17.3 Å². The van der Waals surface area contributed by atoms with Gasteiger partial charge in [0, 0.05) is 36.5 Å². The van der Waals surface area contributed by atoms with Crippen LogP contribution in [0.2, 0.25) is 0 Å². The molecule has 0 aliphatic carbocycles. The number of nitrogens with zero attached hydrogens (tertiary/aromatic N) is 4. The van der Waals surface area contributed by atoms with Crippen LogP contribution in [-0.4, -0.2) is 56.0 Å². The molecule has 1 fully saturated rings. The number of carbonyl (C=O) groups is 3. The number of benzene rings is 2. The van der Waals surface area contributed by atoms with Gasteiger partial charge in [-0.1, -0.05) is 24.3 Å². The van der Waals surface area contributed by atoms with Crippen LogP contribution in [-0.2, 0) is 29.0 Å². The number of likely N-dealkylation sites (tertiary alicyclic amines) is 1. The molecule has 4 heterocycles. The number of piperidine rings is 1. The Hall–Kier alpha value is -3.61. The van der Waals surface area contributed by atoms with Crippen molar-refractivity contribution in [3.05, 3.63) is 76.6 Å². The van der Waals surface area contributed by atoms with Gasteiger partial charge in [-0.3, -0.25) is 4.79 Å². The summed E-state index contributed by atoms with van der Waals surface area (Å²) in [7, 11) is 0. The number of rotatable bonds is 5. The van der Waals surface area contributed by atoms with E-state index in [4.69, 9.17) is 4.74 Å². The normalized spacial score (nSPS) is 17.3. The van der Waals surface area contributed by atoms with Crippen molar-refractivity contribution >= 4 is 18.0 Å². The van der Waals surface area contributed by atoms with Gasteiger partial charge in [-0.05, 0) is 81.2 Å². The van der Waals surface area contributed by atoms with Crippen molar-refractivity contribution in [1.82, 2.24) is 19.4 Å². The van der Waals surface area contributed by atoms with E-state index in [2.05, 4.69) is 4.98 Å². The average Bonchev–Trinajstić information content (AvgIpc) is 3.65. The summed E-state index contributed by atoms with van der Waals surface area (Å²) < 4.78 is 22.8. The molecule has 1 atom stereocenters. The maximum Gasteiger partial charge on any atom is 1.00 e. The van der Waals surface area contributed by atoms with Gasteiger partial charge in [0.2, 0.25) is 0 Å². The number of hydrogen-bond acceptors (Lipinski definition) is 6. The smallest absolute Gasteiger partial charge is 0.547 e. The van der Waals surface area contributed by atoms with Crippen molar-refractivity contribution in [2.24, 2.45) is 0 Å². The number of aromatic nitrogens is 2. The molecule has 0 bridgehead atoms. The van der Waals surface area contributed by atoms with Gasteiger partial charge in [0.25, 0.3) is 5.91 Å². The SMILES string of the molecule is CC(C)(C)OC(=O)N1CCC(c2ccc(-c3cc(F)c4c(c3)C(=O)N(C(C(=O)[O-])c3ncn5c3CCC5)C4)cc2)CC1.[Li+]. The molecular weight excluding hydrogens is 546 g/mol. The Morgan fingerprint density at radius 1 is 1.07 bits per heavy atom. The quantitative estimate of drug-likeness (QED) is 0.420. The van der Waals surface area contributed by atoms with E-state index in [0.29, 0.717) is 30.8 Å². The Bertz CT molecular complexity index is 1560. The topological polar surface area (TPSA) is 108 Å². The minimum atomic E-state index is -1.43. The molecule has 0 spiro atoms. The summed E-state index contributed by atoms with van der Waals surface area (Å²) in [6.07, 6.45) is 4.48. The van der Waals surface area contributed by atoms with E-state index >= 15 is 4.39 Å². The van der Waals surface area contributed by atoms with Crippen molar-refractivity contribution in [1.29, 1.82) is 0 Å². The van der Waals surface area contributed by atoms with Crippen LogP contribution in [0.4, 0.5) is 9.18 Å². The summed E-state index contributed by atoms with van der Waals surface area (Å²) in [5.41, 5.74) is 3.31. The monoisotopic (exact) mass is 580 g/mol. The molecule has 3 aromatic rings. The molecule has 1 unspecified atom stereocenters. The first-order valence-electron chi connectivity index (χ1n) is 14.5. The predicted octanol–water partition coefficient (Wildman–Crippen LogP) is 1.20. The number of aliphatic carboxylic acids is 1. The van der Waals surface area contributed by atoms with Crippen LogP contribution in [0.3, 0.4) is 0 Å². The molecule has 1 aromatic heterocycles. The molecule has 0 radical (unpaired) electrons. The van der Waals surface area contributed by atoms with Gasteiger partial charge in [-0.25, -0.2) is 14.2 Å². The van der Waals surface area contributed by atoms with E-state index in [-0.39, 0.29) is 48.5 Å². The van der Waals surface area contributed by atoms with Crippen LogP contribution in [0.25, 0.3) is 11.1 Å². The third-order valence-electron chi connectivity index (χ3n) is 8.46. The van der Waals surface area contributed by atoms with Crippen LogP contribution in [0.5, 0.6) is 0 Å². The summed E-state index contributed by atoms with van der Waals surface area (Å²) in [5, 5.41) is 12.2. The Kier molecular flexibility index (Phi) is 8.47. The Morgan fingerprint density at radius 2 is 1.77 bits per heavy atom. The van der Waals surface area contributed by atoms with Gasteiger partial charge < -0.3 is 29.0 Å². The van der Waals surface area contributed by atoms with Gasteiger partial charge in [0.15, 0.2) is 0 Å². The molecule has 3 aliphatic rings. The molecule has 43 heavy (non-hydrogen) atoms. The number of aryl methyl sites for hydroxylation is 1. The number of fused-ring (bicyclic) bond motifs is 2. The summed E-state index contributed by atoms with van der Waals surface area (Å²) in [6, 6.07) is 9.48. The fourth-order valence-electron chi connectivity index (χ4n) is 6.35. The van der Waals surface area contributed by atoms with Crippen molar-refractivity contribution in [3.8, 4) is 11.1 Å². The van der Waals surface area contributed by atoms with Gasteiger partial charge in [0.1, 0.15) is 17.5 Å². The molecule has 3 aliphatic heterocycles. The summed E-state index contributed by atoms with van der Waals surface area (Å²) in [4.78, 5) is 45.3. The van der Waals surface area contributed by atoms with Crippen molar-refractivity contribution in [2.45, 2.75) is 77.1 Å². The van der Waals surface area contributed by atoms with E-state index in [0.717, 1.165) is 47.5 Å². The maximum absolute atomic E-state index is 15.4. The van der Waals surface area contributed by atoms with E-state index in [9.17, 15) is 19.5 Å². The number of imidazole rings is 1. The predicted molar refractivity (Wildman–Crippen MR) is 150 cm³/mol. The van der Waals surface area contributed by atoms with Gasteiger partial charge >= 0.3 is 25.0 Å². The standard InChI is InChI=1S/C32H35FN4O5.Li/c1-32(2,3)42-31(41)35-13-10-21(11-14-35)19-6-8-20(9-7-19)22-15-23-24(25(33)16-22)17-37(29(23)38)28(30(39)40)27-26-5-4-12-36(26)18-34-27;/h6-9,15-16,18,21,28H,4-5,10-14,17H2,1-3H3,(H,39,40);/q;+1/p-1. The number of hydrogen-bond donors (Lipinski definition) is 0. The van der Waals surface area contributed by atoms with Crippen LogP contribution >= 0.6 is 0 Å². The molecule has 0 N–H and O–H groups in total. The molecule has 2 amide bonds. The van der Waals surface area contributed by atoms with Crippen molar-refractivity contribution < 1.29 is 47.5 Å².